The van der Waals surface area contributed by atoms with Gasteiger partial charge in [-0.05, 0) is 39.2 Å². The van der Waals surface area contributed by atoms with Crippen LogP contribution in [0.4, 0.5) is 5.95 Å². The molecule has 0 aromatic carbocycles. The molecule has 1 aliphatic heterocycles. The standard InChI is InChI=1S/C15H23N3O/c1-12-8-16-13(17-9-12)18-10-14(2,3)19-15(11-18)6-4-5-7-15/h8-9H,4-7,10-11H2,1-3H3. The molecule has 4 nitrogen and oxygen atoms in total. The van der Waals surface area contributed by atoms with Crippen molar-refractivity contribution >= 4 is 5.95 Å². The molecule has 1 spiro atoms. The second-order valence-electron chi connectivity index (χ2n) is 6.67. The van der Waals surface area contributed by atoms with Crippen LogP contribution in [0.1, 0.15) is 45.1 Å². The number of aromatic nitrogens is 2. The molecule has 1 aromatic heterocycles. The number of ether oxygens (including phenoxy) is 1. The molecule has 1 aromatic rings. The Kier molecular flexibility index (Phi) is 3.01. The van der Waals surface area contributed by atoms with Gasteiger partial charge in [0.1, 0.15) is 0 Å². The van der Waals surface area contributed by atoms with E-state index in [1.807, 2.05) is 19.3 Å². The second kappa shape index (κ2) is 4.44. The van der Waals surface area contributed by atoms with Gasteiger partial charge in [0.25, 0.3) is 0 Å². The highest BCUT2D eigenvalue weighted by Gasteiger charge is 2.46. The highest BCUT2D eigenvalue weighted by Crippen LogP contribution is 2.41. The minimum atomic E-state index is -0.128. The summed E-state index contributed by atoms with van der Waals surface area (Å²) in [5, 5.41) is 0. The summed E-state index contributed by atoms with van der Waals surface area (Å²) >= 11 is 0. The molecule has 0 radical (unpaired) electrons. The summed E-state index contributed by atoms with van der Waals surface area (Å²) in [5.41, 5.74) is 0.999. The Balaban J connectivity index is 1.86. The Bertz CT molecular complexity index is 449. The fourth-order valence-corrected chi connectivity index (χ4v) is 3.48. The molecule has 0 amide bonds. The smallest absolute Gasteiger partial charge is 0.225 e. The van der Waals surface area contributed by atoms with Crippen LogP contribution in [0.25, 0.3) is 0 Å². The summed E-state index contributed by atoms with van der Waals surface area (Å²) in [5.74, 6) is 0.841. The van der Waals surface area contributed by atoms with E-state index in [1.165, 1.54) is 25.7 Å². The number of anilines is 1. The second-order valence-corrected chi connectivity index (χ2v) is 6.67. The molecule has 0 atom stereocenters. The average Bonchev–Trinajstić information content (AvgIpc) is 2.75. The highest BCUT2D eigenvalue weighted by atomic mass is 16.5. The fourth-order valence-electron chi connectivity index (χ4n) is 3.48. The number of aryl methyl sites for hydroxylation is 1. The van der Waals surface area contributed by atoms with Crippen molar-refractivity contribution in [3.8, 4) is 0 Å². The lowest BCUT2D eigenvalue weighted by Crippen LogP contribution is -2.59. The van der Waals surface area contributed by atoms with E-state index in [0.717, 1.165) is 24.6 Å². The lowest BCUT2D eigenvalue weighted by Gasteiger charge is -2.48. The van der Waals surface area contributed by atoms with Crippen LogP contribution in [0.5, 0.6) is 0 Å². The quantitative estimate of drug-likeness (QED) is 0.779. The van der Waals surface area contributed by atoms with E-state index in [4.69, 9.17) is 4.74 Å². The van der Waals surface area contributed by atoms with E-state index < -0.39 is 0 Å². The molecule has 4 heteroatoms. The SMILES string of the molecule is Cc1cnc(N2CC(C)(C)OC3(CCCC3)C2)nc1. The van der Waals surface area contributed by atoms with Crippen LogP contribution in [-0.2, 0) is 4.74 Å². The van der Waals surface area contributed by atoms with Crippen LogP contribution in [0.2, 0.25) is 0 Å². The lowest BCUT2D eigenvalue weighted by molar-refractivity contribution is -0.148. The van der Waals surface area contributed by atoms with Gasteiger partial charge < -0.3 is 9.64 Å². The summed E-state index contributed by atoms with van der Waals surface area (Å²) in [7, 11) is 0. The molecule has 1 aliphatic carbocycles. The maximum Gasteiger partial charge on any atom is 0.225 e. The van der Waals surface area contributed by atoms with Crippen LogP contribution in [0, 0.1) is 6.92 Å². The number of rotatable bonds is 1. The molecule has 2 heterocycles. The Morgan fingerprint density at radius 3 is 2.37 bits per heavy atom. The van der Waals surface area contributed by atoms with E-state index >= 15 is 0 Å². The van der Waals surface area contributed by atoms with Crippen molar-refractivity contribution in [1.29, 1.82) is 0 Å². The first-order valence-corrected chi connectivity index (χ1v) is 7.22. The molecule has 0 bridgehead atoms. The Labute approximate surface area is 115 Å². The van der Waals surface area contributed by atoms with Crippen molar-refractivity contribution < 1.29 is 4.74 Å². The van der Waals surface area contributed by atoms with Gasteiger partial charge in [-0.25, -0.2) is 9.97 Å². The lowest BCUT2D eigenvalue weighted by atomic mass is 9.94. The molecular formula is C15H23N3O. The Hall–Kier alpha value is -1.16. The number of morpholine rings is 1. The van der Waals surface area contributed by atoms with E-state index in [0.29, 0.717) is 0 Å². The zero-order valence-electron chi connectivity index (χ0n) is 12.1. The fraction of sp³-hybridized carbons (Fsp3) is 0.733. The van der Waals surface area contributed by atoms with Gasteiger partial charge in [0.05, 0.1) is 17.7 Å². The van der Waals surface area contributed by atoms with Crippen LogP contribution in [0.15, 0.2) is 12.4 Å². The minimum Gasteiger partial charge on any atom is -0.365 e. The summed E-state index contributed by atoms with van der Waals surface area (Å²) in [6, 6.07) is 0. The molecule has 1 saturated carbocycles. The van der Waals surface area contributed by atoms with E-state index in [2.05, 4.69) is 28.7 Å². The van der Waals surface area contributed by atoms with Crippen molar-refractivity contribution in [2.75, 3.05) is 18.0 Å². The first-order chi connectivity index (χ1) is 8.98. The molecule has 3 rings (SSSR count). The van der Waals surface area contributed by atoms with Crippen molar-refractivity contribution in [2.45, 2.75) is 57.7 Å². The third-order valence-corrected chi connectivity index (χ3v) is 4.11. The molecule has 0 N–H and O–H groups in total. The monoisotopic (exact) mass is 261 g/mol. The summed E-state index contributed by atoms with van der Waals surface area (Å²) in [6.45, 7) is 8.16. The third-order valence-electron chi connectivity index (χ3n) is 4.11. The molecule has 104 valence electrons. The molecular weight excluding hydrogens is 238 g/mol. The topological polar surface area (TPSA) is 38.2 Å². The zero-order valence-corrected chi connectivity index (χ0v) is 12.1. The normalized spacial score (nSPS) is 24.9. The summed E-state index contributed by atoms with van der Waals surface area (Å²) in [6.07, 6.45) is 8.67. The first-order valence-electron chi connectivity index (χ1n) is 7.22. The summed E-state index contributed by atoms with van der Waals surface area (Å²) in [4.78, 5) is 11.3. The van der Waals surface area contributed by atoms with E-state index in [9.17, 15) is 0 Å². The first kappa shape index (κ1) is 12.9. The molecule has 2 fully saturated rings. The summed E-state index contributed by atoms with van der Waals surface area (Å²) < 4.78 is 6.40. The van der Waals surface area contributed by atoms with Gasteiger partial charge in [0.15, 0.2) is 0 Å². The van der Waals surface area contributed by atoms with Crippen LogP contribution in [0.3, 0.4) is 0 Å². The average molecular weight is 261 g/mol. The van der Waals surface area contributed by atoms with Gasteiger partial charge in [-0.15, -0.1) is 0 Å². The predicted molar refractivity (Wildman–Crippen MR) is 75.3 cm³/mol. The molecule has 2 aliphatic rings. The Morgan fingerprint density at radius 2 is 1.74 bits per heavy atom. The van der Waals surface area contributed by atoms with Crippen molar-refractivity contribution in [1.82, 2.24) is 9.97 Å². The van der Waals surface area contributed by atoms with Gasteiger partial charge >= 0.3 is 0 Å². The number of hydrogen-bond donors (Lipinski definition) is 0. The largest absolute Gasteiger partial charge is 0.365 e. The maximum atomic E-state index is 6.40. The van der Waals surface area contributed by atoms with Crippen LogP contribution < -0.4 is 4.90 Å². The van der Waals surface area contributed by atoms with Gasteiger partial charge in [0.2, 0.25) is 5.95 Å². The third kappa shape index (κ3) is 2.59. The molecule has 19 heavy (non-hydrogen) atoms. The number of nitrogens with zero attached hydrogens (tertiary/aromatic N) is 3. The van der Waals surface area contributed by atoms with Crippen LogP contribution >= 0.6 is 0 Å². The van der Waals surface area contributed by atoms with Gasteiger partial charge in [0, 0.05) is 18.9 Å². The van der Waals surface area contributed by atoms with Crippen molar-refractivity contribution in [3.63, 3.8) is 0 Å². The van der Waals surface area contributed by atoms with Crippen molar-refractivity contribution in [2.24, 2.45) is 0 Å². The molecule has 1 saturated heterocycles. The molecule has 0 unspecified atom stereocenters. The van der Waals surface area contributed by atoms with Crippen LogP contribution in [-0.4, -0.2) is 34.3 Å². The predicted octanol–water partition coefficient (Wildman–Crippen LogP) is 2.71. The Morgan fingerprint density at radius 1 is 1.11 bits per heavy atom. The maximum absolute atomic E-state index is 6.40. The van der Waals surface area contributed by atoms with Gasteiger partial charge in [-0.1, -0.05) is 12.8 Å². The highest BCUT2D eigenvalue weighted by molar-refractivity contribution is 5.33. The zero-order chi connectivity index (χ0) is 13.5. The van der Waals surface area contributed by atoms with Gasteiger partial charge in [-0.2, -0.15) is 0 Å². The van der Waals surface area contributed by atoms with Crippen molar-refractivity contribution in [3.05, 3.63) is 18.0 Å². The minimum absolute atomic E-state index is 0.0238. The number of hydrogen-bond acceptors (Lipinski definition) is 4. The van der Waals surface area contributed by atoms with E-state index in [-0.39, 0.29) is 11.2 Å². The van der Waals surface area contributed by atoms with Gasteiger partial charge in [-0.3, -0.25) is 0 Å². The van der Waals surface area contributed by atoms with E-state index in [1.54, 1.807) is 0 Å².